The van der Waals surface area contributed by atoms with Crippen LogP contribution in [0.2, 0.25) is 5.02 Å². The Bertz CT molecular complexity index is 960. The number of aliphatic hydroxyl groups is 1. The standard InChI is InChI=1S/C21H21ClN4O/c1-14(27)15-5-6-17-13-26(10-8-16(17)11-15)20-7-9-23-21(25-20)24-19-4-2-3-18(22)12-19/h2-7,9,11-12,14,27H,8,10,13H2,1H3,(H,23,24,25)/t14-/m1/s1. The maximum Gasteiger partial charge on any atom is 0.229 e. The van der Waals surface area contributed by atoms with Crippen molar-refractivity contribution in [3.8, 4) is 0 Å². The molecule has 2 heterocycles. The zero-order valence-corrected chi connectivity index (χ0v) is 15.8. The van der Waals surface area contributed by atoms with Crippen LogP contribution in [0.3, 0.4) is 0 Å². The Kier molecular flexibility index (Phi) is 4.97. The molecule has 3 aromatic rings. The van der Waals surface area contributed by atoms with Gasteiger partial charge in [-0.1, -0.05) is 35.9 Å². The third kappa shape index (κ3) is 4.04. The minimum Gasteiger partial charge on any atom is -0.389 e. The summed E-state index contributed by atoms with van der Waals surface area (Å²) in [7, 11) is 0. The molecule has 0 amide bonds. The summed E-state index contributed by atoms with van der Waals surface area (Å²) in [6, 6.07) is 15.6. The Morgan fingerprint density at radius 2 is 2.04 bits per heavy atom. The Morgan fingerprint density at radius 3 is 2.85 bits per heavy atom. The number of aromatic nitrogens is 2. The molecule has 1 aromatic heterocycles. The SMILES string of the molecule is C[C@@H](O)c1ccc2c(c1)CCN(c1ccnc(Nc3cccc(Cl)c3)n1)C2. The molecule has 6 heteroatoms. The molecule has 4 rings (SSSR count). The lowest BCUT2D eigenvalue weighted by atomic mass is 9.96. The maximum absolute atomic E-state index is 9.78. The van der Waals surface area contributed by atoms with Crippen molar-refractivity contribution in [2.45, 2.75) is 26.0 Å². The minimum absolute atomic E-state index is 0.435. The summed E-state index contributed by atoms with van der Waals surface area (Å²) in [6.45, 7) is 3.47. The number of benzene rings is 2. The fraction of sp³-hybridized carbons (Fsp3) is 0.238. The minimum atomic E-state index is -0.435. The molecule has 0 fully saturated rings. The average Bonchev–Trinajstić information content (AvgIpc) is 2.67. The summed E-state index contributed by atoms with van der Waals surface area (Å²) in [4.78, 5) is 11.2. The number of anilines is 3. The number of nitrogens with zero attached hydrogens (tertiary/aromatic N) is 3. The number of fused-ring (bicyclic) bond motifs is 1. The molecule has 27 heavy (non-hydrogen) atoms. The van der Waals surface area contributed by atoms with Gasteiger partial charge in [0, 0.05) is 30.0 Å². The van der Waals surface area contributed by atoms with Crippen LogP contribution in [0, 0.1) is 0 Å². The van der Waals surface area contributed by atoms with E-state index in [0.29, 0.717) is 11.0 Å². The first-order chi connectivity index (χ1) is 13.1. The smallest absolute Gasteiger partial charge is 0.229 e. The van der Waals surface area contributed by atoms with Crippen molar-refractivity contribution < 1.29 is 5.11 Å². The molecule has 138 valence electrons. The first-order valence-electron chi connectivity index (χ1n) is 8.99. The van der Waals surface area contributed by atoms with Gasteiger partial charge in [0.2, 0.25) is 5.95 Å². The zero-order chi connectivity index (χ0) is 18.8. The number of nitrogens with one attached hydrogen (secondary N) is 1. The molecule has 1 aliphatic heterocycles. The van der Waals surface area contributed by atoms with Crippen molar-refractivity contribution in [1.82, 2.24) is 9.97 Å². The second kappa shape index (κ2) is 7.55. The quantitative estimate of drug-likeness (QED) is 0.698. The van der Waals surface area contributed by atoms with Crippen molar-refractivity contribution in [3.05, 3.63) is 76.4 Å². The van der Waals surface area contributed by atoms with Gasteiger partial charge in [-0.05, 0) is 54.3 Å². The Morgan fingerprint density at radius 1 is 1.15 bits per heavy atom. The highest BCUT2D eigenvalue weighted by Crippen LogP contribution is 2.26. The molecular weight excluding hydrogens is 360 g/mol. The second-order valence-corrected chi connectivity index (χ2v) is 7.19. The van der Waals surface area contributed by atoms with Gasteiger partial charge in [0.05, 0.1) is 6.10 Å². The van der Waals surface area contributed by atoms with Crippen LogP contribution in [0.15, 0.2) is 54.7 Å². The predicted molar refractivity (Wildman–Crippen MR) is 109 cm³/mol. The van der Waals surface area contributed by atoms with Crippen LogP contribution in [-0.2, 0) is 13.0 Å². The van der Waals surface area contributed by atoms with Gasteiger partial charge in [0.25, 0.3) is 0 Å². The van der Waals surface area contributed by atoms with Crippen LogP contribution in [0.25, 0.3) is 0 Å². The first kappa shape index (κ1) is 17.8. The number of hydrogen-bond donors (Lipinski definition) is 2. The Labute approximate surface area is 163 Å². The lowest BCUT2D eigenvalue weighted by Crippen LogP contribution is -2.31. The summed E-state index contributed by atoms with van der Waals surface area (Å²) in [5.74, 6) is 1.43. The van der Waals surface area contributed by atoms with Gasteiger partial charge in [-0.25, -0.2) is 4.98 Å². The van der Waals surface area contributed by atoms with E-state index in [0.717, 1.165) is 36.6 Å². The van der Waals surface area contributed by atoms with E-state index in [1.165, 1.54) is 11.1 Å². The molecular formula is C21H21ClN4O. The summed E-state index contributed by atoms with van der Waals surface area (Å²) in [5.41, 5.74) is 4.40. The summed E-state index contributed by atoms with van der Waals surface area (Å²) in [6.07, 6.45) is 2.26. The molecule has 2 N–H and O–H groups in total. The van der Waals surface area contributed by atoms with Crippen LogP contribution in [0.1, 0.15) is 29.7 Å². The van der Waals surface area contributed by atoms with E-state index >= 15 is 0 Å². The van der Waals surface area contributed by atoms with Crippen LogP contribution < -0.4 is 10.2 Å². The van der Waals surface area contributed by atoms with Gasteiger partial charge in [-0.2, -0.15) is 4.98 Å². The van der Waals surface area contributed by atoms with Crippen LogP contribution >= 0.6 is 11.6 Å². The second-order valence-electron chi connectivity index (χ2n) is 6.75. The highest BCUT2D eigenvalue weighted by Gasteiger charge is 2.19. The molecule has 1 aliphatic rings. The van der Waals surface area contributed by atoms with Gasteiger partial charge in [0.1, 0.15) is 5.82 Å². The number of rotatable bonds is 4. The molecule has 0 saturated carbocycles. The number of aliphatic hydroxyl groups excluding tert-OH is 1. The third-order valence-corrected chi connectivity index (χ3v) is 5.01. The van der Waals surface area contributed by atoms with E-state index in [4.69, 9.17) is 11.6 Å². The Hall–Kier alpha value is -2.63. The fourth-order valence-electron chi connectivity index (χ4n) is 3.31. The van der Waals surface area contributed by atoms with Crippen molar-refractivity contribution in [2.24, 2.45) is 0 Å². The number of hydrogen-bond acceptors (Lipinski definition) is 5. The van der Waals surface area contributed by atoms with E-state index in [1.807, 2.05) is 36.4 Å². The predicted octanol–water partition coefficient (Wildman–Crippen LogP) is 4.49. The third-order valence-electron chi connectivity index (χ3n) is 4.77. The topological polar surface area (TPSA) is 61.3 Å². The molecule has 0 bridgehead atoms. The van der Waals surface area contributed by atoms with Gasteiger partial charge >= 0.3 is 0 Å². The highest BCUT2D eigenvalue weighted by atomic mass is 35.5. The lowest BCUT2D eigenvalue weighted by Gasteiger charge is -2.30. The van der Waals surface area contributed by atoms with E-state index in [9.17, 15) is 5.11 Å². The van der Waals surface area contributed by atoms with Crippen LogP contribution in [0.4, 0.5) is 17.5 Å². The van der Waals surface area contributed by atoms with Crippen LogP contribution in [0.5, 0.6) is 0 Å². The van der Waals surface area contributed by atoms with E-state index in [-0.39, 0.29) is 0 Å². The van der Waals surface area contributed by atoms with Gasteiger partial charge in [0.15, 0.2) is 0 Å². The normalized spacial score (nSPS) is 14.6. The van der Waals surface area contributed by atoms with Gasteiger partial charge in [-0.3, -0.25) is 0 Å². The van der Waals surface area contributed by atoms with Crippen molar-refractivity contribution in [2.75, 3.05) is 16.8 Å². The fourth-order valence-corrected chi connectivity index (χ4v) is 3.50. The molecule has 0 radical (unpaired) electrons. The molecule has 0 unspecified atom stereocenters. The molecule has 1 atom stereocenters. The van der Waals surface area contributed by atoms with Crippen LogP contribution in [-0.4, -0.2) is 21.6 Å². The molecule has 0 saturated heterocycles. The molecule has 0 aliphatic carbocycles. The Balaban J connectivity index is 1.52. The summed E-state index contributed by atoms with van der Waals surface area (Å²) in [5, 5.41) is 13.7. The average molecular weight is 381 g/mol. The van der Waals surface area contributed by atoms with Gasteiger partial charge in [-0.15, -0.1) is 0 Å². The molecule has 0 spiro atoms. The largest absolute Gasteiger partial charge is 0.389 e. The monoisotopic (exact) mass is 380 g/mol. The zero-order valence-electron chi connectivity index (χ0n) is 15.1. The first-order valence-corrected chi connectivity index (χ1v) is 9.36. The lowest BCUT2D eigenvalue weighted by molar-refractivity contribution is 0.199. The van der Waals surface area contributed by atoms with E-state index in [2.05, 4.69) is 32.3 Å². The van der Waals surface area contributed by atoms with Crippen molar-refractivity contribution in [1.29, 1.82) is 0 Å². The van der Waals surface area contributed by atoms with Gasteiger partial charge < -0.3 is 15.3 Å². The highest BCUT2D eigenvalue weighted by molar-refractivity contribution is 6.30. The van der Waals surface area contributed by atoms with Crippen molar-refractivity contribution >= 4 is 29.1 Å². The summed E-state index contributed by atoms with van der Waals surface area (Å²) < 4.78 is 0. The number of halogens is 1. The van der Waals surface area contributed by atoms with Crippen molar-refractivity contribution in [3.63, 3.8) is 0 Å². The van der Waals surface area contributed by atoms with E-state index in [1.54, 1.807) is 13.1 Å². The molecule has 5 nitrogen and oxygen atoms in total. The van der Waals surface area contributed by atoms with E-state index < -0.39 is 6.10 Å². The molecule has 2 aromatic carbocycles. The maximum atomic E-state index is 9.78. The summed E-state index contributed by atoms with van der Waals surface area (Å²) >= 11 is 6.04.